The molecule has 104 heavy (non-hydrogen) atoms. The maximum Gasteiger partial charge on any atom is 0.238 e. The summed E-state index contributed by atoms with van der Waals surface area (Å²) in [6.45, 7) is 0. The third-order valence-electron chi connectivity index (χ3n) is 20.9. The molecular formula is C99H63N5. The minimum atomic E-state index is 0.534. The van der Waals surface area contributed by atoms with Crippen LogP contribution in [0.15, 0.2) is 382 Å². The van der Waals surface area contributed by atoms with Crippen molar-refractivity contribution in [3.63, 3.8) is 0 Å². The summed E-state index contributed by atoms with van der Waals surface area (Å²) in [4.78, 5) is 16.0. The predicted molar refractivity (Wildman–Crippen MR) is 435 cm³/mol. The molecule has 0 radical (unpaired) electrons. The summed E-state index contributed by atoms with van der Waals surface area (Å²) in [7, 11) is 0. The van der Waals surface area contributed by atoms with Crippen LogP contribution in [-0.2, 0) is 0 Å². The van der Waals surface area contributed by atoms with E-state index in [-0.39, 0.29) is 0 Å². The summed E-state index contributed by atoms with van der Waals surface area (Å²) in [6.07, 6.45) is 0. The van der Waals surface area contributed by atoms with Gasteiger partial charge < -0.3 is 4.57 Å². The highest BCUT2D eigenvalue weighted by Gasteiger charge is 2.23. The van der Waals surface area contributed by atoms with Crippen LogP contribution >= 0.6 is 0 Å². The van der Waals surface area contributed by atoms with Crippen LogP contribution in [0.4, 0.5) is 0 Å². The van der Waals surface area contributed by atoms with E-state index in [1.54, 1.807) is 0 Å². The molecule has 0 unspecified atom stereocenters. The van der Waals surface area contributed by atoms with Crippen molar-refractivity contribution in [3.05, 3.63) is 382 Å². The zero-order valence-corrected chi connectivity index (χ0v) is 56.6. The molecule has 0 N–H and O–H groups in total. The Labute approximate surface area is 601 Å². The first-order valence-electron chi connectivity index (χ1n) is 35.5. The van der Waals surface area contributed by atoms with Crippen LogP contribution in [0.3, 0.4) is 0 Å². The first-order valence-corrected chi connectivity index (χ1v) is 35.5. The van der Waals surface area contributed by atoms with Crippen molar-refractivity contribution >= 4 is 75.9 Å². The van der Waals surface area contributed by atoms with Crippen molar-refractivity contribution in [2.75, 3.05) is 0 Å². The quantitative estimate of drug-likeness (QED) is 0.122. The lowest BCUT2D eigenvalue weighted by atomic mass is 9.86. The van der Waals surface area contributed by atoms with Gasteiger partial charge in [0.05, 0.1) is 22.1 Å². The van der Waals surface area contributed by atoms with Crippen LogP contribution in [0.2, 0.25) is 0 Å². The number of nitrogens with zero attached hydrogens (tertiary/aromatic N) is 5. The van der Waals surface area contributed by atoms with E-state index in [0.29, 0.717) is 17.6 Å². The molecule has 0 saturated carbocycles. The molecule has 20 aromatic rings. The van der Waals surface area contributed by atoms with Gasteiger partial charge in [0.2, 0.25) is 5.95 Å². The van der Waals surface area contributed by atoms with E-state index < -0.39 is 0 Å². The molecule has 20 rings (SSSR count). The Bertz CT molecular complexity index is 6630. The summed E-state index contributed by atoms with van der Waals surface area (Å²) in [5.74, 6) is 1.73. The Balaban J connectivity index is 0.846. The van der Waals surface area contributed by atoms with Crippen molar-refractivity contribution in [3.8, 4) is 123 Å². The largest absolute Gasteiger partial charge is 0.309 e. The van der Waals surface area contributed by atoms with Crippen molar-refractivity contribution in [2.24, 2.45) is 0 Å². The Morgan fingerprint density at radius 3 is 1.08 bits per heavy atom. The van der Waals surface area contributed by atoms with Crippen molar-refractivity contribution in [1.82, 2.24) is 24.1 Å². The normalized spacial score (nSPS) is 11.7. The minimum absolute atomic E-state index is 0.534. The standard InChI is InChI=1S/C99H63N5/c1-6-24-64(25-7-1)74-54-75(65-26-8-2-9-27-65)56-77(55-74)78-57-76(58-79(59-78)84-49-50-86(85-42-23-35-67-29-17-19-39-82(67)85)87-48-44-73(63-89(84)87)83-41-22-34-66-28-16-18-38-81(66)83)72-47-53-96-92(62-72)91-61-71(70-45-51-94-90(60-70)88-40-20-21-43-93(88)103(94)80-36-14-5-15-37-80)46-52-95(91)104(96)99-101-97(68-30-10-3-11-31-68)100-98(102-99)69-32-12-4-13-33-69/h1-63H. The predicted octanol–water partition coefficient (Wildman–Crippen LogP) is 26.2. The van der Waals surface area contributed by atoms with Gasteiger partial charge >= 0.3 is 0 Å². The number of hydrogen-bond acceptors (Lipinski definition) is 3. The molecular weight excluding hydrogens is 1260 g/mol. The summed E-state index contributed by atoms with van der Waals surface area (Å²) in [5, 5.41) is 11.8. The van der Waals surface area contributed by atoms with Crippen molar-refractivity contribution in [2.45, 2.75) is 0 Å². The van der Waals surface area contributed by atoms with Gasteiger partial charge in [-0.25, -0.2) is 4.98 Å². The lowest BCUT2D eigenvalue weighted by Gasteiger charge is -2.18. The molecule has 0 spiro atoms. The topological polar surface area (TPSA) is 48.5 Å². The van der Waals surface area contributed by atoms with E-state index in [1.807, 2.05) is 36.4 Å². The average Bonchev–Trinajstić information content (AvgIpc) is 1.53. The molecule has 0 bridgehead atoms. The molecule has 17 aromatic carbocycles. The lowest BCUT2D eigenvalue weighted by molar-refractivity contribution is 0.953. The first kappa shape index (κ1) is 60.1. The van der Waals surface area contributed by atoms with Gasteiger partial charge in [0.25, 0.3) is 0 Å². The molecule has 484 valence electrons. The van der Waals surface area contributed by atoms with Gasteiger partial charge in [-0.05, 0) is 218 Å². The molecule has 0 amide bonds. The average molecular weight is 1320 g/mol. The number of fused-ring (bicyclic) bond motifs is 9. The van der Waals surface area contributed by atoms with E-state index in [4.69, 9.17) is 15.0 Å². The second-order valence-corrected chi connectivity index (χ2v) is 27.0. The molecule has 0 aliphatic rings. The van der Waals surface area contributed by atoms with Gasteiger partial charge in [-0.1, -0.05) is 285 Å². The van der Waals surface area contributed by atoms with E-state index >= 15 is 0 Å². The second-order valence-electron chi connectivity index (χ2n) is 27.0. The summed E-state index contributed by atoms with van der Waals surface area (Å²) >= 11 is 0. The molecule has 3 aromatic heterocycles. The van der Waals surface area contributed by atoms with Gasteiger partial charge in [-0.3, -0.25) is 4.57 Å². The number of benzene rings is 17. The molecule has 5 nitrogen and oxygen atoms in total. The monoisotopic (exact) mass is 1320 g/mol. The molecule has 3 heterocycles. The van der Waals surface area contributed by atoms with Crippen LogP contribution in [0.1, 0.15) is 0 Å². The second kappa shape index (κ2) is 25.1. The number of hydrogen-bond donors (Lipinski definition) is 0. The highest BCUT2D eigenvalue weighted by atomic mass is 15.2. The van der Waals surface area contributed by atoms with E-state index in [1.165, 1.54) is 65.3 Å². The Morgan fingerprint density at radius 2 is 0.519 bits per heavy atom. The van der Waals surface area contributed by atoms with Crippen LogP contribution < -0.4 is 0 Å². The fraction of sp³-hybridized carbons (Fsp3) is 0. The number of rotatable bonds is 12. The minimum Gasteiger partial charge on any atom is -0.309 e. The zero-order valence-electron chi connectivity index (χ0n) is 56.6. The maximum atomic E-state index is 5.42. The van der Waals surface area contributed by atoms with Gasteiger partial charge in [0.15, 0.2) is 11.6 Å². The van der Waals surface area contributed by atoms with Gasteiger partial charge in [0, 0.05) is 38.4 Å². The van der Waals surface area contributed by atoms with Crippen LogP contribution in [0, 0.1) is 0 Å². The van der Waals surface area contributed by atoms with E-state index in [2.05, 4.69) is 355 Å². The molecule has 0 aliphatic carbocycles. The van der Waals surface area contributed by atoms with Crippen LogP contribution in [0.25, 0.3) is 199 Å². The Kier molecular flexibility index (Phi) is 14.5. The van der Waals surface area contributed by atoms with E-state index in [0.717, 1.165) is 116 Å². The molecule has 0 atom stereocenters. The summed E-state index contributed by atoms with van der Waals surface area (Å²) < 4.78 is 4.62. The SMILES string of the molecule is c1ccc(-c2cc(-c3ccccc3)cc(-c3cc(-c4ccc5c(c4)c4cc(-c6ccc7c(c6)c6ccccc6n7-c6ccccc6)ccc4n5-c4nc(-c5ccccc5)nc(-c5ccccc5)n4)cc(-c4ccc(-c5cccc6ccccc56)c5ccc(-c6cccc7ccccc67)cc45)c3)c2)cc1. The summed E-state index contributed by atoms with van der Waals surface area (Å²) in [5.41, 5.74) is 25.4. The fourth-order valence-corrected chi connectivity index (χ4v) is 15.9. The van der Waals surface area contributed by atoms with Crippen LogP contribution in [-0.4, -0.2) is 24.1 Å². The van der Waals surface area contributed by atoms with Crippen LogP contribution in [0.5, 0.6) is 0 Å². The maximum absolute atomic E-state index is 5.42. The van der Waals surface area contributed by atoms with Gasteiger partial charge in [0.1, 0.15) is 0 Å². The smallest absolute Gasteiger partial charge is 0.238 e. The highest BCUT2D eigenvalue weighted by molar-refractivity contribution is 6.15. The third kappa shape index (κ3) is 10.5. The lowest BCUT2D eigenvalue weighted by Crippen LogP contribution is -2.06. The molecule has 0 aliphatic heterocycles. The Hall–Kier alpha value is -13.9. The molecule has 5 heteroatoms. The zero-order chi connectivity index (χ0) is 68.6. The molecule has 0 saturated heterocycles. The third-order valence-corrected chi connectivity index (χ3v) is 20.9. The van der Waals surface area contributed by atoms with Crippen molar-refractivity contribution in [1.29, 1.82) is 0 Å². The fourth-order valence-electron chi connectivity index (χ4n) is 15.9. The van der Waals surface area contributed by atoms with E-state index in [9.17, 15) is 0 Å². The highest BCUT2D eigenvalue weighted by Crippen LogP contribution is 2.46. The van der Waals surface area contributed by atoms with Gasteiger partial charge in [-0.2, -0.15) is 9.97 Å². The number of para-hydroxylation sites is 2. The number of aromatic nitrogens is 5. The van der Waals surface area contributed by atoms with Gasteiger partial charge in [-0.15, -0.1) is 0 Å². The van der Waals surface area contributed by atoms with Crippen molar-refractivity contribution < 1.29 is 0 Å². The summed E-state index contributed by atoms with van der Waals surface area (Å²) in [6, 6.07) is 139. The Morgan fingerprint density at radius 1 is 0.163 bits per heavy atom. The molecule has 0 fully saturated rings. The first-order chi connectivity index (χ1) is 51.5.